The van der Waals surface area contributed by atoms with Crippen LogP contribution in [0.25, 0.3) is 11.6 Å². The quantitative estimate of drug-likeness (QED) is 0.404. The Morgan fingerprint density at radius 2 is 1.86 bits per heavy atom. The number of rotatable bonds is 4. The lowest BCUT2D eigenvalue weighted by Gasteiger charge is -2.04. The SMILES string of the molecule is Cc1ccc(/C=C(\C(=O)O)c2ccc(F)cc2)cc1[N+](=O)[O-]. The summed E-state index contributed by atoms with van der Waals surface area (Å²) in [6.45, 7) is 1.60. The summed E-state index contributed by atoms with van der Waals surface area (Å²) in [5.74, 6) is -1.67. The Morgan fingerprint density at radius 3 is 2.41 bits per heavy atom. The molecule has 0 radical (unpaired) electrons. The molecule has 0 amide bonds. The van der Waals surface area contributed by atoms with Crippen LogP contribution < -0.4 is 0 Å². The first-order chi connectivity index (χ1) is 10.4. The molecular weight excluding hydrogens is 289 g/mol. The van der Waals surface area contributed by atoms with Crippen molar-refractivity contribution in [3.05, 3.63) is 75.1 Å². The number of benzene rings is 2. The number of carboxylic acids is 1. The number of hydrogen-bond acceptors (Lipinski definition) is 3. The molecule has 5 nitrogen and oxygen atoms in total. The van der Waals surface area contributed by atoms with Crippen molar-refractivity contribution in [1.82, 2.24) is 0 Å². The van der Waals surface area contributed by atoms with E-state index in [1.807, 2.05) is 0 Å². The lowest BCUT2D eigenvalue weighted by atomic mass is 10.0. The minimum absolute atomic E-state index is 0.0712. The Kier molecular flexibility index (Phi) is 4.31. The summed E-state index contributed by atoms with van der Waals surface area (Å²) in [7, 11) is 0. The number of carboxylic acid groups (broad SMARTS) is 1. The number of carbonyl (C=O) groups is 1. The average molecular weight is 301 g/mol. The van der Waals surface area contributed by atoms with Gasteiger partial charge in [-0.25, -0.2) is 9.18 Å². The van der Waals surface area contributed by atoms with Gasteiger partial charge in [-0.3, -0.25) is 10.1 Å². The van der Waals surface area contributed by atoms with Gasteiger partial charge < -0.3 is 5.11 Å². The van der Waals surface area contributed by atoms with Crippen molar-refractivity contribution in [3.8, 4) is 0 Å². The lowest BCUT2D eigenvalue weighted by Crippen LogP contribution is -2.00. The highest BCUT2D eigenvalue weighted by Gasteiger charge is 2.14. The van der Waals surface area contributed by atoms with Crippen LogP contribution in [0.5, 0.6) is 0 Å². The van der Waals surface area contributed by atoms with Crippen molar-refractivity contribution in [2.24, 2.45) is 0 Å². The second kappa shape index (κ2) is 6.17. The third-order valence-corrected chi connectivity index (χ3v) is 3.13. The predicted octanol–water partition coefficient (Wildman–Crippen LogP) is 3.67. The number of aryl methyl sites for hydroxylation is 1. The summed E-state index contributed by atoms with van der Waals surface area (Å²) in [6.07, 6.45) is 1.32. The van der Waals surface area contributed by atoms with Crippen LogP contribution in [-0.4, -0.2) is 16.0 Å². The van der Waals surface area contributed by atoms with Crippen LogP contribution in [0.1, 0.15) is 16.7 Å². The fourth-order valence-electron chi connectivity index (χ4n) is 1.98. The highest BCUT2D eigenvalue weighted by Crippen LogP contribution is 2.24. The third kappa shape index (κ3) is 3.35. The van der Waals surface area contributed by atoms with E-state index in [0.29, 0.717) is 16.7 Å². The molecule has 0 saturated carbocycles. The van der Waals surface area contributed by atoms with Crippen LogP contribution >= 0.6 is 0 Å². The third-order valence-electron chi connectivity index (χ3n) is 3.13. The molecule has 0 aliphatic heterocycles. The standard InChI is InChI=1S/C16H12FNO4/c1-10-2-3-11(9-15(10)18(21)22)8-14(16(19)20)12-4-6-13(17)7-5-12/h2-9H,1H3,(H,19,20)/b14-8-. The van der Waals surface area contributed by atoms with E-state index in [1.54, 1.807) is 19.1 Å². The fraction of sp³-hybridized carbons (Fsp3) is 0.0625. The predicted molar refractivity (Wildman–Crippen MR) is 79.7 cm³/mol. The molecule has 0 aliphatic carbocycles. The molecule has 0 saturated heterocycles. The van der Waals surface area contributed by atoms with E-state index < -0.39 is 16.7 Å². The molecule has 1 N–H and O–H groups in total. The Morgan fingerprint density at radius 1 is 1.23 bits per heavy atom. The number of nitro benzene ring substituents is 1. The molecule has 0 aliphatic rings. The zero-order chi connectivity index (χ0) is 16.3. The monoisotopic (exact) mass is 301 g/mol. The number of halogens is 1. The molecule has 0 fully saturated rings. The molecule has 0 bridgehead atoms. The normalized spacial score (nSPS) is 11.3. The van der Waals surface area contributed by atoms with Gasteiger partial charge in [-0.2, -0.15) is 0 Å². The van der Waals surface area contributed by atoms with Gasteiger partial charge in [-0.1, -0.05) is 24.3 Å². The first kappa shape index (κ1) is 15.4. The first-order valence-corrected chi connectivity index (χ1v) is 6.34. The van der Waals surface area contributed by atoms with Gasteiger partial charge in [0.15, 0.2) is 0 Å². The highest BCUT2D eigenvalue weighted by molar-refractivity contribution is 6.20. The van der Waals surface area contributed by atoms with Crippen molar-refractivity contribution >= 4 is 23.3 Å². The second-order valence-corrected chi connectivity index (χ2v) is 4.67. The molecule has 2 aromatic carbocycles. The Hall–Kier alpha value is -3.02. The maximum atomic E-state index is 12.9. The van der Waals surface area contributed by atoms with Crippen molar-refractivity contribution in [2.45, 2.75) is 6.92 Å². The fourth-order valence-corrected chi connectivity index (χ4v) is 1.98. The van der Waals surface area contributed by atoms with Gasteiger partial charge in [0, 0.05) is 11.6 Å². The lowest BCUT2D eigenvalue weighted by molar-refractivity contribution is -0.385. The van der Waals surface area contributed by atoms with Crippen LogP contribution in [0.3, 0.4) is 0 Å². The molecule has 112 valence electrons. The summed E-state index contributed by atoms with van der Waals surface area (Å²) in [5.41, 5.74) is 1.03. The van der Waals surface area contributed by atoms with Crippen molar-refractivity contribution < 1.29 is 19.2 Å². The van der Waals surface area contributed by atoms with E-state index in [9.17, 15) is 24.4 Å². The number of hydrogen-bond donors (Lipinski definition) is 1. The number of nitro groups is 1. The Bertz CT molecular complexity index is 766. The number of nitrogens with zero attached hydrogens (tertiary/aromatic N) is 1. The highest BCUT2D eigenvalue weighted by atomic mass is 19.1. The summed E-state index contributed by atoms with van der Waals surface area (Å²) in [5, 5.41) is 20.2. The van der Waals surface area contributed by atoms with Crippen LogP contribution in [0.2, 0.25) is 0 Å². The Labute approximate surface area is 125 Å². The van der Waals surface area contributed by atoms with Crippen LogP contribution in [0, 0.1) is 22.9 Å². The van der Waals surface area contributed by atoms with Crippen LogP contribution in [0.4, 0.5) is 10.1 Å². The first-order valence-electron chi connectivity index (χ1n) is 6.34. The van der Waals surface area contributed by atoms with E-state index in [0.717, 1.165) is 12.1 Å². The molecule has 2 rings (SSSR count). The van der Waals surface area contributed by atoms with E-state index in [4.69, 9.17) is 0 Å². The van der Waals surface area contributed by atoms with Gasteiger partial charge in [0.25, 0.3) is 5.69 Å². The van der Waals surface area contributed by atoms with Gasteiger partial charge >= 0.3 is 5.97 Å². The average Bonchev–Trinajstić information content (AvgIpc) is 2.47. The molecule has 0 atom stereocenters. The molecule has 0 heterocycles. The van der Waals surface area contributed by atoms with E-state index in [2.05, 4.69) is 0 Å². The molecule has 6 heteroatoms. The summed E-state index contributed by atoms with van der Waals surface area (Å²) in [6, 6.07) is 9.45. The van der Waals surface area contributed by atoms with Gasteiger partial charge in [0.1, 0.15) is 5.82 Å². The molecular formula is C16H12FNO4. The van der Waals surface area contributed by atoms with Gasteiger partial charge in [0.05, 0.1) is 10.5 Å². The molecule has 0 unspecified atom stereocenters. The van der Waals surface area contributed by atoms with Gasteiger partial charge in [-0.05, 0) is 36.3 Å². The van der Waals surface area contributed by atoms with Gasteiger partial charge in [0.2, 0.25) is 0 Å². The maximum Gasteiger partial charge on any atom is 0.336 e. The van der Waals surface area contributed by atoms with Crippen LogP contribution in [0.15, 0.2) is 42.5 Å². The smallest absolute Gasteiger partial charge is 0.336 e. The van der Waals surface area contributed by atoms with E-state index >= 15 is 0 Å². The molecule has 0 aromatic heterocycles. The largest absolute Gasteiger partial charge is 0.478 e. The maximum absolute atomic E-state index is 12.9. The minimum atomic E-state index is -1.20. The van der Waals surface area contributed by atoms with Gasteiger partial charge in [-0.15, -0.1) is 0 Å². The van der Waals surface area contributed by atoms with Crippen molar-refractivity contribution in [2.75, 3.05) is 0 Å². The molecule has 0 spiro atoms. The van der Waals surface area contributed by atoms with Crippen molar-refractivity contribution in [3.63, 3.8) is 0 Å². The minimum Gasteiger partial charge on any atom is -0.478 e. The molecule has 22 heavy (non-hydrogen) atoms. The van der Waals surface area contributed by atoms with E-state index in [-0.39, 0.29) is 11.3 Å². The zero-order valence-electron chi connectivity index (χ0n) is 11.6. The number of aliphatic carboxylic acids is 1. The zero-order valence-corrected chi connectivity index (χ0v) is 11.6. The topological polar surface area (TPSA) is 80.4 Å². The summed E-state index contributed by atoms with van der Waals surface area (Å²) in [4.78, 5) is 21.8. The van der Waals surface area contributed by atoms with Crippen LogP contribution in [-0.2, 0) is 4.79 Å². The summed E-state index contributed by atoms with van der Waals surface area (Å²) >= 11 is 0. The Balaban J connectivity index is 2.51. The van der Waals surface area contributed by atoms with Crippen molar-refractivity contribution in [1.29, 1.82) is 0 Å². The molecule has 2 aromatic rings. The summed E-state index contributed by atoms with van der Waals surface area (Å²) < 4.78 is 12.9. The van der Waals surface area contributed by atoms with E-state index in [1.165, 1.54) is 24.3 Å². The second-order valence-electron chi connectivity index (χ2n) is 4.67.